The summed E-state index contributed by atoms with van der Waals surface area (Å²) >= 11 is 6.49. The van der Waals surface area contributed by atoms with E-state index in [2.05, 4.69) is 0 Å². The monoisotopic (exact) mass is 286 g/mol. The molecule has 0 N–H and O–H groups in total. The maximum atomic E-state index is 6.49. The average Bonchev–Trinajstić information content (AvgIpc) is 2.92. The highest BCUT2D eigenvalue weighted by atomic mass is 35.5. The molecule has 0 saturated heterocycles. The lowest BCUT2D eigenvalue weighted by molar-refractivity contribution is 0.408. The predicted molar refractivity (Wildman–Crippen MR) is 81.5 cm³/mol. The first-order chi connectivity index (χ1) is 9.78. The summed E-state index contributed by atoms with van der Waals surface area (Å²) in [5.41, 5.74) is 1.95. The number of benzene rings is 2. The van der Waals surface area contributed by atoms with Crippen LogP contribution in [0.3, 0.4) is 0 Å². The summed E-state index contributed by atoms with van der Waals surface area (Å²) in [6, 6.07) is 17.8. The molecule has 0 aliphatic rings. The van der Waals surface area contributed by atoms with Gasteiger partial charge in [0.05, 0.1) is 12.5 Å². The highest BCUT2D eigenvalue weighted by Gasteiger charge is 2.16. The van der Waals surface area contributed by atoms with Gasteiger partial charge in [-0.25, -0.2) is 0 Å². The lowest BCUT2D eigenvalue weighted by atomic mass is 10.1. The van der Waals surface area contributed by atoms with Gasteiger partial charge in [-0.15, -0.1) is 11.6 Å². The van der Waals surface area contributed by atoms with Gasteiger partial charge < -0.3 is 9.15 Å². The van der Waals surface area contributed by atoms with Crippen molar-refractivity contribution in [2.45, 2.75) is 11.8 Å². The van der Waals surface area contributed by atoms with E-state index in [-0.39, 0.29) is 5.38 Å². The van der Waals surface area contributed by atoms with Gasteiger partial charge in [-0.3, -0.25) is 0 Å². The highest BCUT2D eigenvalue weighted by Crippen LogP contribution is 2.32. The first-order valence-corrected chi connectivity index (χ1v) is 6.96. The maximum Gasteiger partial charge on any atom is 0.134 e. The van der Waals surface area contributed by atoms with Crippen molar-refractivity contribution in [2.24, 2.45) is 0 Å². The van der Waals surface area contributed by atoms with Crippen LogP contribution in [0.25, 0.3) is 11.0 Å². The number of fused-ring (bicyclic) bond motifs is 1. The molecule has 0 radical (unpaired) electrons. The summed E-state index contributed by atoms with van der Waals surface area (Å²) in [6.45, 7) is 0. The van der Waals surface area contributed by atoms with Crippen LogP contribution in [0.2, 0.25) is 0 Å². The van der Waals surface area contributed by atoms with E-state index in [4.69, 9.17) is 20.8 Å². The Morgan fingerprint density at radius 3 is 2.65 bits per heavy atom. The Morgan fingerprint density at radius 1 is 1.10 bits per heavy atom. The van der Waals surface area contributed by atoms with Crippen molar-refractivity contribution in [3.8, 4) is 5.75 Å². The van der Waals surface area contributed by atoms with Gasteiger partial charge in [0, 0.05) is 5.39 Å². The summed E-state index contributed by atoms with van der Waals surface area (Å²) in [6.07, 6.45) is 0.672. The average molecular weight is 287 g/mol. The second-order valence-corrected chi connectivity index (χ2v) is 5.20. The van der Waals surface area contributed by atoms with Crippen molar-refractivity contribution in [1.29, 1.82) is 0 Å². The highest BCUT2D eigenvalue weighted by molar-refractivity contribution is 6.20. The molecule has 0 aliphatic heterocycles. The molecular weight excluding hydrogens is 272 g/mol. The van der Waals surface area contributed by atoms with E-state index in [1.54, 1.807) is 7.11 Å². The number of halogens is 1. The number of para-hydroxylation sites is 2. The van der Waals surface area contributed by atoms with E-state index < -0.39 is 0 Å². The van der Waals surface area contributed by atoms with E-state index in [9.17, 15) is 0 Å². The van der Waals surface area contributed by atoms with Gasteiger partial charge in [-0.05, 0) is 30.2 Å². The van der Waals surface area contributed by atoms with Crippen molar-refractivity contribution in [3.63, 3.8) is 0 Å². The first-order valence-electron chi connectivity index (χ1n) is 6.52. The molecule has 0 saturated carbocycles. The molecular formula is C17H15ClO2. The van der Waals surface area contributed by atoms with Gasteiger partial charge in [0.25, 0.3) is 0 Å². The van der Waals surface area contributed by atoms with Crippen LogP contribution >= 0.6 is 11.6 Å². The van der Waals surface area contributed by atoms with E-state index in [0.717, 1.165) is 28.0 Å². The van der Waals surface area contributed by atoms with Crippen molar-refractivity contribution >= 4 is 22.6 Å². The number of furan rings is 1. The van der Waals surface area contributed by atoms with E-state index in [1.165, 1.54) is 0 Å². The van der Waals surface area contributed by atoms with Gasteiger partial charge in [-0.1, -0.05) is 36.4 Å². The topological polar surface area (TPSA) is 22.4 Å². The van der Waals surface area contributed by atoms with Crippen LogP contribution in [0.1, 0.15) is 16.7 Å². The van der Waals surface area contributed by atoms with Crippen LogP contribution in [0.4, 0.5) is 0 Å². The summed E-state index contributed by atoms with van der Waals surface area (Å²) in [4.78, 5) is 0. The number of methoxy groups -OCH3 is 1. The van der Waals surface area contributed by atoms with E-state index >= 15 is 0 Å². The van der Waals surface area contributed by atoms with Gasteiger partial charge in [-0.2, -0.15) is 0 Å². The fourth-order valence-electron chi connectivity index (χ4n) is 2.32. The largest absolute Gasteiger partial charge is 0.496 e. The molecule has 0 fully saturated rings. The molecule has 3 aromatic rings. The Hall–Kier alpha value is -1.93. The fourth-order valence-corrected chi connectivity index (χ4v) is 2.60. The van der Waals surface area contributed by atoms with Crippen molar-refractivity contribution in [3.05, 3.63) is 65.9 Å². The molecule has 0 bridgehead atoms. The molecule has 2 nitrogen and oxygen atoms in total. The minimum absolute atomic E-state index is 0.210. The molecule has 1 heterocycles. The Bertz CT molecular complexity index is 685. The number of rotatable bonds is 4. The minimum Gasteiger partial charge on any atom is -0.496 e. The molecule has 3 rings (SSSR count). The SMILES string of the molecule is COc1ccccc1CC(Cl)c1cc2ccccc2o1. The van der Waals surface area contributed by atoms with Crippen LogP contribution in [0.15, 0.2) is 59.0 Å². The Balaban J connectivity index is 1.87. The Labute approximate surface area is 122 Å². The number of alkyl halides is 1. The quantitative estimate of drug-likeness (QED) is 0.632. The fraction of sp³-hybridized carbons (Fsp3) is 0.176. The van der Waals surface area contributed by atoms with Crippen LogP contribution in [0, 0.1) is 0 Å². The lowest BCUT2D eigenvalue weighted by Gasteiger charge is -2.10. The second-order valence-electron chi connectivity index (χ2n) is 4.67. The predicted octanol–water partition coefficient (Wildman–Crippen LogP) is 4.96. The van der Waals surface area contributed by atoms with Crippen LogP contribution in [-0.4, -0.2) is 7.11 Å². The molecule has 2 aromatic carbocycles. The van der Waals surface area contributed by atoms with Crippen molar-refractivity contribution < 1.29 is 9.15 Å². The summed E-state index contributed by atoms with van der Waals surface area (Å²) in [5.74, 6) is 1.65. The summed E-state index contributed by atoms with van der Waals surface area (Å²) in [5, 5.41) is 0.867. The maximum absolute atomic E-state index is 6.49. The minimum atomic E-state index is -0.210. The molecule has 20 heavy (non-hydrogen) atoms. The summed E-state index contributed by atoms with van der Waals surface area (Å²) in [7, 11) is 1.67. The molecule has 0 aliphatic carbocycles. The molecule has 1 aromatic heterocycles. The molecule has 0 amide bonds. The van der Waals surface area contributed by atoms with Crippen LogP contribution in [0.5, 0.6) is 5.75 Å². The Morgan fingerprint density at radius 2 is 1.85 bits per heavy atom. The normalized spacial score (nSPS) is 12.5. The zero-order valence-electron chi connectivity index (χ0n) is 11.2. The van der Waals surface area contributed by atoms with Gasteiger partial charge in [0.15, 0.2) is 0 Å². The van der Waals surface area contributed by atoms with Crippen LogP contribution in [-0.2, 0) is 6.42 Å². The molecule has 3 heteroatoms. The summed E-state index contributed by atoms with van der Waals surface area (Å²) < 4.78 is 11.2. The van der Waals surface area contributed by atoms with Crippen molar-refractivity contribution in [2.75, 3.05) is 7.11 Å². The molecule has 102 valence electrons. The smallest absolute Gasteiger partial charge is 0.134 e. The van der Waals surface area contributed by atoms with Gasteiger partial charge in [0.1, 0.15) is 17.1 Å². The first kappa shape index (κ1) is 13.1. The Kier molecular flexibility index (Phi) is 3.66. The van der Waals surface area contributed by atoms with E-state index in [0.29, 0.717) is 6.42 Å². The van der Waals surface area contributed by atoms with Crippen molar-refractivity contribution in [1.82, 2.24) is 0 Å². The number of hydrogen-bond acceptors (Lipinski definition) is 2. The number of hydrogen-bond donors (Lipinski definition) is 0. The van der Waals surface area contributed by atoms with Crippen LogP contribution < -0.4 is 4.74 Å². The second kappa shape index (κ2) is 5.59. The standard InChI is InChI=1S/C17H15ClO2/c1-19-15-8-4-2-6-12(15)10-14(18)17-11-13-7-3-5-9-16(13)20-17/h2-9,11,14H,10H2,1H3. The number of ether oxygens (including phenoxy) is 1. The third-order valence-electron chi connectivity index (χ3n) is 3.34. The molecule has 1 atom stereocenters. The zero-order chi connectivity index (χ0) is 13.9. The van der Waals surface area contributed by atoms with Gasteiger partial charge >= 0.3 is 0 Å². The van der Waals surface area contributed by atoms with Gasteiger partial charge in [0.2, 0.25) is 0 Å². The van der Waals surface area contributed by atoms with E-state index in [1.807, 2.05) is 54.6 Å². The molecule has 1 unspecified atom stereocenters. The third-order valence-corrected chi connectivity index (χ3v) is 3.71. The molecule has 0 spiro atoms. The third kappa shape index (κ3) is 2.52. The zero-order valence-corrected chi connectivity index (χ0v) is 11.9. The lowest BCUT2D eigenvalue weighted by Crippen LogP contribution is -1.97.